The normalized spacial score (nSPS) is 21.5. The number of carboxylic acids is 1. The van der Waals surface area contributed by atoms with Gasteiger partial charge in [0.15, 0.2) is 5.54 Å². The number of hydrogen-bond donors (Lipinski definition) is 3. The van der Waals surface area contributed by atoms with Gasteiger partial charge in [-0.1, -0.05) is 6.07 Å². The second kappa shape index (κ2) is 5.50. The lowest BCUT2D eigenvalue weighted by atomic mass is 9.99. The van der Waals surface area contributed by atoms with Crippen LogP contribution < -0.4 is 10.6 Å². The molecule has 2 rings (SSSR count). The molecule has 0 aromatic heterocycles. The average Bonchev–Trinajstić information content (AvgIpc) is 2.83. The Morgan fingerprint density at radius 3 is 2.60 bits per heavy atom. The third kappa shape index (κ3) is 2.91. The molecule has 108 valence electrons. The van der Waals surface area contributed by atoms with Gasteiger partial charge in [0, 0.05) is 18.7 Å². The van der Waals surface area contributed by atoms with Crippen LogP contribution in [0.1, 0.15) is 17.5 Å². The molecule has 0 radical (unpaired) electrons. The minimum atomic E-state index is -1.33. The Labute approximate surface area is 117 Å². The first-order valence-electron chi connectivity index (χ1n) is 6.40. The second-order valence-corrected chi connectivity index (χ2v) is 5.07. The number of urea groups is 1. The number of carboxylic acid groups (broad SMARTS) is 1. The van der Waals surface area contributed by atoms with Crippen molar-refractivity contribution in [1.29, 1.82) is 0 Å². The van der Waals surface area contributed by atoms with Crippen molar-refractivity contribution < 1.29 is 19.4 Å². The summed E-state index contributed by atoms with van der Waals surface area (Å²) in [5, 5.41) is 14.4. The number of carbonyl (C=O) groups is 2. The van der Waals surface area contributed by atoms with E-state index in [4.69, 9.17) is 4.74 Å². The molecule has 1 heterocycles. The Hall–Kier alpha value is -2.08. The number of ether oxygens (including phenoxy) is 1. The molecule has 1 aromatic carbocycles. The lowest BCUT2D eigenvalue weighted by Gasteiger charge is -2.23. The largest absolute Gasteiger partial charge is 0.479 e. The summed E-state index contributed by atoms with van der Waals surface area (Å²) in [5.41, 5.74) is 1.48. The molecule has 0 spiro atoms. The van der Waals surface area contributed by atoms with E-state index < -0.39 is 17.5 Å². The maximum Gasteiger partial charge on any atom is 0.332 e. The fourth-order valence-corrected chi connectivity index (χ4v) is 2.08. The van der Waals surface area contributed by atoms with Gasteiger partial charge < -0.3 is 20.5 Å². The van der Waals surface area contributed by atoms with Gasteiger partial charge in [-0.05, 0) is 37.1 Å². The lowest BCUT2D eigenvalue weighted by molar-refractivity contribution is -0.144. The maximum atomic E-state index is 11.9. The molecule has 1 aliphatic rings. The summed E-state index contributed by atoms with van der Waals surface area (Å²) >= 11 is 0. The summed E-state index contributed by atoms with van der Waals surface area (Å²) in [7, 11) is 0. The highest BCUT2D eigenvalue weighted by atomic mass is 16.5. The molecule has 6 nitrogen and oxygen atoms in total. The molecule has 1 unspecified atom stereocenters. The fraction of sp³-hybridized carbons (Fsp3) is 0.429. The van der Waals surface area contributed by atoms with Crippen molar-refractivity contribution in [3.05, 3.63) is 29.3 Å². The first kappa shape index (κ1) is 14.3. The van der Waals surface area contributed by atoms with E-state index in [9.17, 15) is 14.7 Å². The van der Waals surface area contributed by atoms with Crippen LogP contribution in [0.25, 0.3) is 0 Å². The Bertz CT molecular complexity index is 536. The highest BCUT2D eigenvalue weighted by Gasteiger charge is 2.44. The summed E-state index contributed by atoms with van der Waals surface area (Å²) in [4.78, 5) is 23.2. The predicted molar refractivity (Wildman–Crippen MR) is 73.9 cm³/mol. The molecular weight excluding hydrogens is 260 g/mol. The number of benzene rings is 1. The van der Waals surface area contributed by atoms with Gasteiger partial charge in [0.1, 0.15) is 0 Å². The number of rotatable bonds is 3. The van der Waals surface area contributed by atoms with E-state index in [2.05, 4.69) is 10.6 Å². The van der Waals surface area contributed by atoms with Gasteiger partial charge in [-0.3, -0.25) is 0 Å². The molecule has 1 atom stereocenters. The monoisotopic (exact) mass is 278 g/mol. The van der Waals surface area contributed by atoms with Crippen LogP contribution in [0.3, 0.4) is 0 Å². The molecule has 0 bridgehead atoms. The van der Waals surface area contributed by atoms with Crippen LogP contribution in [0.4, 0.5) is 10.5 Å². The molecule has 3 N–H and O–H groups in total. The highest BCUT2D eigenvalue weighted by molar-refractivity contribution is 5.94. The summed E-state index contributed by atoms with van der Waals surface area (Å²) < 4.78 is 5.08. The fourth-order valence-electron chi connectivity index (χ4n) is 2.08. The zero-order chi connectivity index (χ0) is 14.8. The van der Waals surface area contributed by atoms with Gasteiger partial charge >= 0.3 is 12.0 Å². The molecule has 0 saturated carbocycles. The van der Waals surface area contributed by atoms with Gasteiger partial charge in [-0.2, -0.15) is 0 Å². The van der Waals surface area contributed by atoms with Gasteiger partial charge in [0.2, 0.25) is 0 Å². The summed E-state index contributed by atoms with van der Waals surface area (Å²) in [6.45, 7) is 4.25. The van der Waals surface area contributed by atoms with Gasteiger partial charge in [0.25, 0.3) is 0 Å². The predicted octanol–water partition coefficient (Wildman–Crippen LogP) is 1.67. The standard InChI is InChI=1S/C14H18N2O4/c1-9-3-4-11(7-10(9)2)15-13(19)16-14(12(17)18)5-6-20-8-14/h3-4,7H,5-6,8H2,1-2H3,(H,17,18)(H2,15,16,19). The van der Waals surface area contributed by atoms with Crippen LogP contribution in [-0.4, -0.2) is 35.9 Å². The molecule has 1 fully saturated rings. The van der Waals surface area contributed by atoms with Gasteiger partial charge in [0.05, 0.1) is 6.61 Å². The van der Waals surface area contributed by atoms with E-state index in [0.717, 1.165) is 11.1 Å². The van der Waals surface area contributed by atoms with Gasteiger partial charge in [-0.15, -0.1) is 0 Å². The Kier molecular flexibility index (Phi) is 3.94. The van der Waals surface area contributed by atoms with Crippen molar-refractivity contribution in [3.8, 4) is 0 Å². The highest BCUT2D eigenvalue weighted by Crippen LogP contribution is 2.20. The molecule has 6 heteroatoms. The van der Waals surface area contributed by atoms with Crippen molar-refractivity contribution in [2.75, 3.05) is 18.5 Å². The molecule has 1 aliphatic heterocycles. The Morgan fingerprint density at radius 2 is 2.05 bits per heavy atom. The molecule has 1 aromatic rings. The van der Waals surface area contributed by atoms with Crippen molar-refractivity contribution in [2.24, 2.45) is 0 Å². The number of nitrogens with one attached hydrogen (secondary N) is 2. The quantitative estimate of drug-likeness (QED) is 0.784. The van der Waals surface area contributed by atoms with E-state index in [-0.39, 0.29) is 13.0 Å². The van der Waals surface area contributed by atoms with Crippen LogP contribution in [-0.2, 0) is 9.53 Å². The molecule has 1 saturated heterocycles. The minimum absolute atomic E-state index is 0.0112. The number of amides is 2. The molecule has 2 amide bonds. The number of hydrogen-bond acceptors (Lipinski definition) is 3. The van der Waals surface area contributed by atoms with E-state index >= 15 is 0 Å². The average molecular weight is 278 g/mol. The topological polar surface area (TPSA) is 87.7 Å². The summed E-state index contributed by atoms with van der Waals surface area (Å²) in [6, 6.07) is 4.98. The van der Waals surface area contributed by atoms with Crippen LogP contribution in [0.5, 0.6) is 0 Å². The van der Waals surface area contributed by atoms with E-state index in [0.29, 0.717) is 12.3 Å². The molecule has 0 aliphatic carbocycles. The third-order valence-corrected chi connectivity index (χ3v) is 3.55. The van der Waals surface area contributed by atoms with E-state index in [1.165, 1.54) is 0 Å². The SMILES string of the molecule is Cc1ccc(NC(=O)NC2(C(=O)O)CCOC2)cc1C. The van der Waals surface area contributed by atoms with Crippen LogP contribution in [0.2, 0.25) is 0 Å². The number of carbonyl (C=O) groups excluding carboxylic acids is 1. The zero-order valence-electron chi connectivity index (χ0n) is 11.5. The van der Waals surface area contributed by atoms with Crippen LogP contribution in [0, 0.1) is 13.8 Å². The van der Waals surface area contributed by atoms with E-state index in [1.54, 1.807) is 6.07 Å². The van der Waals surface area contributed by atoms with Crippen molar-refractivity contribution in [2.45, 2.75) is 25.8 Å². The van der Waals surface area contributed by atoms with Crippen molar-refractivity contribution in [3.63, 3.8) is 0 Å². The van der Waals surface area contributed by atoms with Crippen molar-refractivity contribution >= 4 is 17.7 Å². The molecule has 20 heavy (non-hydrogen) atoms. The first-order chi connectivity index (χ1) is 9.43. The smallest absolute Gasteiger partial charge is 0.332 e. The number of aryl methyl sites for hydroxylation is 2. The van der Waals surface area contributed by atoms with Crippen molar-refractivity contribution in [1.82, 2.24) is 5.32 Å². The van der Waals surface area contributed by atoms with Gasteiger partial charge in [-0.25, -0.2) is 9.59 Å². The summed E-state index contributed by atoms with van der Waals surface area (Å²) in [6.07, 6.45) is 0.267. The zero-order valence-corrected chi connectivity index (χ0v) is 11.5. The Balaban J connectivity index is 2.04. The first-order valence-corrected chi connectivity index (χ1v) is 6.40. The van der Waals surface area contributed by atoms with E-state index in [1.807, 2.05) is 26.0 Å². The summed E-state index contributed by atoms with van der Waals surface area (Å²) in [5.74, 6) is -1.08. The lowest BCUT2D eigenvalue weighted by Crippen LogP contribution is -2.56. The number of anilines is 1. The Morgan fingerprint density at radius 1 is 1.30 bits per heavy atom. The minimum Gasteiger partial charge on any atom is -0.479 e. The number of aliphatic carboxylic acids is 1. The van der Waals surface area contributed by atoms with Crippen LogP contribution >= 0.6 is 0 Å². The molecular formula is C14H18N2O4. The maximum absolute atomic E-state index is 11.9. The van der Waals surface area contributed by atoms with Crippen LogP contribution in [0.15, 0.2) is 18.2 Å². The third-order valence-electron chi connectivity index (χ3n) is 3.55. The second-order valence-electron chi connectivity index (χ2n) is 5.07.